The zero-order valence-electron chi connectivity index (χ0n) is 7.68. The number of rotatable bonds is 3. The van der Waals surface area contributed by atoms with E-state index in [9.17, 15) is 0 Å². The third-order valence-electron chi connectivity index (χ3n) is 2.33. The lowest BCUT2D eigenvalue weighted by Gasteiger charge is -2.13. The van der Waals surface area contributed by atoms with Gasteiger partial charge in [0, 0.05) is 4.47 Å². The number of hydrogen-bond acceptors (Lipinski definition) is 0. The van der Waals surface area contributed by atoms with Gasteiger partial charge < -0.3 is 0 Å². The van der Waals surface area contributed by atoms with Crippen LogP contribution in [0.4, 0.5) is 0 Å². The van der Waals surface area contributed by atoms with E-state index >= 15 is 0 Å². The summed E-state index contributed by atoms with van der Waals surface area (Å²) in [5.41, 5.74) is 1.45. The SMILES string of the molecule is CCC(CC)c1ccccc1Br. The Hall–Kier alpha value is -0.300. The van der Waals surface area contributed by atoms with Crippen molar-refractivity contribution in [2.75, 3.05) is 0 Å². The lowest BCUT2D eigenvalue weighted by molar-refractivity contribution is 0.639. The first-order valence-electron chi connectivity index (χ1n) is 4.54. The smallest absolute Gasteiger partial charge is 0.0210 e. The highest BCUT2D eigenvalue weighted by molar-refractivity contribution is 9.10. The predicted molar refractivity (Wildman–Crippen MR) is 57.5 cm³/mol. The largest absolute Gasteiger partial charge is 0.0648 e. The maximum absolute atomic E-state index is 3.58. The van der Waals surface area contributed by atoms with Gasteiger partial charge in [0.25, 0.3) is 0 Å². The zero-order valence-corrected chi connectivity index (χ0v) is 9.26. The summed E-state index contributed by atoms with van der Waals surface area (Å²) in [4.78, 5) is 0. The normalized spacial score (nSPS) is 10.7. The van der Waals surface area contributed by atoms with E-state index in [-0.39, 0.29) is 0 Å². The van der Waals surface area contributed by atoms with E-state index in [0.717, 1.165) is 0 Å². The van der Waals surface area contributed by atoms with Gasteiger partial charge in [0.15, 0.2) is 0 Å². The molecule has 0 fully saturated rings. The molecule has 0 amide bonds. The van der Waals surface area contributed by atoms with Crippen molar-refractivity contribution in [2.24, 2.45) is 0 Å². The highest BCUT2D eigenvalue weighted by Gasteiger charge is 2.08. The maximum Gasteiger partial charge on any atom is 0.0210 e. The molecule has 0 nitrogen and oxygen atoms in total. The van der Waals surface area contributed by atoms with Crippen molar-refractivity contribution in [3.63, 3.8) is 0 Å². The van der Waals surface area contributed by atoms with Crippen molar-refractivity contribution >= 4 is 15.9 Å². The fourth-order valence-corrected chi connectivity index (χ4v) is 2.14. The van der Waals surface area contributed by atoms with Gasteiger partial charge in [-0.25, -0.2) is 0 Å². The molecule has 0 aliphatic carbocycles. The minimum atomic E-state index is 0.709. The summed E-state index contributed by atoms with van der Waals surface area (Å²) in [7, 11) is 0. The molecule has 0 heterocycles. The van der Waals surface area contributed by atoms with Gasteiger partial charge in [-0.1, -0.05) is 48.0 Å². The van der Waals surface area contributed by atoms with Crippen LogP contribution in [0, 0.1) is 0 Å². The van der Waals surface area contributed by atoms with Gasteiger partial charge >= 0.3 is 0 Å². The molecule has 1 heteroatoms. The Morgan fingerprint density at radius 1 is 1.17 bits per heavy atom. The van der Waals surface area contributed by atoms with Crippen LogP contribution in [0.25, 0.3) is 0 Å². The first-order chi connectivity index (χ1) is 5.79. The zero-order chi connectivity index (χ0) is 8.97. The molecule has 0 aliphatic heterocycles. The quantitative estimate of drug-likeness (QED) is 0.719. The van der Waals surface area contributed by atoms with E-state index in [1.165, 1.54) is 22.9 Å². The number of benzene rings is 1. The minimum absolute atomic E-state index is 0.709. The molecule has 0 saturated heterocycles. The van der Waals surface area contributed by atoms with Gasteiger partial charge in [-0.3, -0.25) is 0 Å². The van der Waals surface area contributed by atoms with Gasteiger partial charge in [0.05, 0.1) is 0 Å². The van der Waals surface area contributed by atoms with Crippen molar-refractivity contribution in [1.82, 2.24) is 0 Å². The average Bonchev–Trinajstić information content (AvgIpc) is 2.10. The molecule has 12 heavy (non-hydrogen) atoms. The standard InChI is InChI=1S/C11H15Br/c1-3-9(4-2)10-7-5-6-8-11(10)12/h5-9H,3-4H2,1-2H3. The van der Waals surface area contributed by atoms with Gasteiger partial charge in [0.2, 0.25) is 0 Å². The molecule has 1 rings (SSSR count). The van der Waals surface area contributed by atoms with E-state index in [1.807, 2.05) is 0 Å². The molecule has 66 valence electrons. The van der Waals surface area contributed by atoms with E-state index in [0.29, 0.717) is 5.92 Å². The summed E-state index contributed by atoms with van der Waals surface area (Å²) < 4.78 is 1.25. The fourth-order valence-electron chi connectivity index (χ4n) is 1.53. The number of hydrogen-bond donors (Lipinski definition) is 0. The Bertz CT molecular complexity index is 239. The van der Waals surface area contributed by atoms with Gasteiger partial charge in [-0.05, 0) is 30.4 Å². The van der Waals surface area contributed by atoms with E-state index < -0.39 is 0 Å². The number of halogens is 1. The molecule has 0 N–H and O–H groups in total. The molecule has 1 aromatic rings. The molecule has 0 unspecified atom stereocenters. The second-order valence-corrected chi connectivity index (χ2v) is 3.89. The Morgan fingerprint density at radius 3 is 2.25 bits per heavy atom. The predicted octanol–water partition coefficient (Wildman–Crippen LogP) is 4.35. The van der Waals surface area contributed by atoms with E-state index in [4.69, 9.17) is 0 Å². The molecule has 0 aromatic heterocycles. The third kappa shape index (κ3) is 2.10. The molecular formula is C11H15Br. The van der Waals surface area contributed by atoms with Crippen LogP contribution in [0.3, 0.4) is 0 Å². The van der Waals surface area contributed by atoms with Crippen molar-refractivity contribution in [3.05, 3.63) is 34.3 Å². The molecule has 0 radical (unpaired) electrons. The second-order valence-electron chi connectivity index (χ2n) is 3.03. The van der Waals surface area contributed by atoms with Crippen LogP contribution in [0.5, 0.6) is 0 Å². The van der Waals surface area contributed by atoms with Crippen LogP contribution in [-0.4, -0.2) is 0 Å². The first kappa shape index (κ1) is 9.79. The van der Waals surface area contributed by atoms with Crippen molar-refractivity contribution in [3.8, 4) is 0 Å². The van der Waals surface area contributed by atoms with Crippen LogP contribution in [0.2, 0.25) is 0 Å². The lowest BCUT2D eigenvalue weighted by atomic mass is 9.94. The Balaban J connectivity index is 2.92. The summed E-state index contributed by atoms with van der Waals surface area (Å²) in [6.07, 6.45) is 2.44. The Kier molecular flexibility index (Phi) is 3.80. The van der Waals surface area contributed by atoms with Crippen LogP contribution in [0.15, 0.2) is 28.7 Å². The first-order valence-corrected chi connectivity index (χ1v) is 5.33. The van der Waals surface area contributed by atoms with Crippen molar-refractivity contribution < 1.29 is 0 Å². The Labute approximate surface area is 83.1 Å². The Morgan fingerprint density at radius 2 is 1.75 bits per heavy atom. The second kappa shape index (κ2) is 4.66. The van der Waals surface area contributed by atoms with Crippen molar-refractivity contribution in [2.45, 2.75) is 32.6 Å². The molecule has 1 aromatic carbocycles. The van der Waals surface area contributed by atoms with Gasteiger partial charge in [-0.15, -0.1) is 0 Å². The highest BCUT2D eigenvalue weighted by Crippen LogP contribution is 2.29. The summed E-state index contributed by atoms with van der Waals surface area (Å²) >= 11 is 3.58. The molecule has 0 saturated carbocycles. The van der Waals surface area contributed by atoms with E-state index in [1.54, 1.807) is 0 Å². The maximum atomic E-state index is 3.58. The molecule has 0 atom stereocenters. The monoisotopic (exact) mass is 226 g/mol. The third-order valence-corrected chi connectivity index (χ3v) is 3.05. The van der Waals surface area contributed by atoms with Crippen LogP contribution in [0.1, 0.15) is 38.2 Å². The topological polar surface area (TPSA) is 0 Å². The molecular weight excluding hydrogens is 212 g/mol. The summed E-state index contributed by atoms with van der Waals surface area (Å²) in [6.45, 7) is 4.49. The van der Waals surface area contributed by atoms with Crippen LogP contribution >= 0.6 is 15.9 Å². The van der Waals surface area contributed by atoms with Crippen molar-refractivity contribution in [1.29, 1.82) is 0 Å². The van der Waals surface area contributed by atoms with Gasteiger partial charge in [-0.2, -0.15) is 0 Å². The van der Waals surface area contributed by atoms with E-state index in [2.05, 4.69) is 54.0 Å². The molecule has 0 bridgehead atoms. The molecule has 0 aliphatic rings. The fraction of sp³-hybridized carbons (Fsp3) is 0.455. The minimum Gasteiger partial charge on any atom is -0.0648 e. The lowest BCUT2D eigenvalue weighted by Crippen LogP contribution is -1.95. The summed E-state index contributed by atoms with van der Waals surface area (Å²) in [5, 5.41) is 0. The average molecular weight is 227 g/mol. The molecule has 0 spiro atoms. The summed E-state index contributed by atoms with van der Waals surface area (Å²) in [6, 6.07) is 8.50. The van der Waals surface area contributed by atoms with Gasteiger partial charge in [0.1, 0.15) is 0 Å². The van der Waals surface area contributed by atoms with Crippen LogP contribution in [-0.2, 0) is 0 Å². The van der Waals surface area contributed by atoms with Crippen LogP contribution < -0.4 is 0 Å². The summed E-state index contributed by atoms with van der Waals surface area (Å²) in [5.74, 6) is 0.709. The highest BCUT2D eigenvalue weighted by atomic mass is 79.9.